The average molecular weight is 218 g/mol. The van der Waals surface area contributed by atoms with Crippen molar-refractivity contribution in [2.75, 3.05) is 13.1 Å². The van der Waals surface area contributed by atoms with Gasteiger partial charge >= 0.3 is 5.97 Å². The summed E-state index contributed by atoms with van der Waals surface area (Å²) in [5.74, 6) is -0.814. The fraction of sp³-hybridized carbons (Fsp3) is 0.333. The van der Waals surface area contributed by atoms with Crippen molar-refractivity contribution in [1.82, 2.24) is 9.88 Å². The summed E-state index contributed by atoms with van der Waals surface area (Å²) in [7, 11) is 0. The van der Waals surface area contributed by atoms with Gasteiger partial charge in [-0.3, -0.25) is 9.88 Å². The first-order valence-electron chi connectivity index (χ1n) is 5.30. The molecule has 0 saturated heterocycles. The van der Waals surface area contributed by atoms with Crippen LogP contribution in [0.15, 0.2) is 36.0 Å². The normalized spacial score (nSPS) is 16.9. The number of nitrogens with zero attached hydrogens (tertiary/aromatic N) is 2. The summed E-state index contributed by atoms with van der Waals surface area (Å²) in [6.07, 6.45) is 4.36. The van der Waals surface area contributed by atoms with E-state index in [0.717, 1.165) is 18.7 Å². The molecule has 4 nitrogen and oxygen atoms in total. The van der Waals surface area contributed by atoms with E-state index >= 15 is 0 Å². The second-order valence-corrected chi connectivity index (χ2v) is 3.85. The Morgan fingerprint density at radius 3 is 3.06 bits per heavy atom. The summed E-state index contributed by atoms with van der Waals surface area (Å²) in [5.41, 5.74) is 1.47. The van der Waals surface area contributed by atoms with Crippen LogP contribution in [0.3, 0.4) is 0 Å². The highest BCUT2D eigenvalue weighted by molar-refractivity contribution is 5.87. The van der Waals surface area contributed by atoms with Crippen molar-refractivity contribution in [3.05, 3.63) is 41.7 Å². The molecule has 0 spiro atoms. The van der Waals surface area contributed by atoms with Crippen LogP contribution in [-0.4, -0.2) is 34.0 Å². The van der Waals surface area contributed by atoms with E-state index in [-0.39, 0.29) is 0 Å². The van der Waals surface area contributed by atoms with E-state index in [0.29, 0.717) is 18.7 Å². The van der Waals surface area contributed by atoms with Crippen LogP contribution in [0.2, 0.25) is 0 Å². The molecule has 0 aromatic carbocycles. The lowest BCUT2D eigenvalue weighted by molar-refractivity contribution is -0.133. The molecule has 1 aromatic heterocycles. The molecule has 84 valence electrons. The molecule has 1 aromatic rings. The fourth-order valence-electron chi connectivity index (χ4n) is 1.82. The zero-order valence-electron chi connectivity index (χ0n) is 8.97. The Balaban J connectivity index is 1.98. The number of hydrogen-bond donors (Lipinski definition) is 1. The highest BCUT2D eigenvalue weighted by Crippen LogP contribution is 2.12. The van der Waals surface area contributed by atoms with Crippen LogP contribution in [0, 0.1) is 0 Å². The van der Waals surface area contributed by atoms with Gasteiger partial charge in [-0.05, 0) is 18.6 Å². The van der Waals surface area contributed by atoms with Gasteiger partial charge < -0.3 is 5.11 Å². The standard InChI is InChI=1S/C12H14N2O2/c15-12(16)10-4-3-7-14(8-10)9-11-5-1-2-6-13-11/h1-2,4-6H,3,7-9H2,(H,15,16). The van der Waals surface area contributed by atoms with Crippen molar-refractivity contribution in [1.29, 1.82) is 0 Å². The van der Waals surface area contributed by atoms with Gasteiger partial charge in [0.05, 0.1) is 5.69 Å². The number of carbonyl (C=O) groups is 1. The van der Waals surface area contributed by atoms with Crippen LogP contribution in [0.4, 0.5) is 0 Å². The molecule has 2 heterocycles. The average Bonchev–Trinajstić information content (AvgIpc) is 2.30. The molecule has 1 N–H and O–H groups in total. The van der Waals surface area contributed by atoms with E-state index in [1.165, 1.54) is 0 Å². The van der Waals surface area contributed by atoms with Crippen LogP contribution in [0.25, 0.3) is 0 Å². The highest BCUT2D eigenvalue weighted by Gasteiger charge is 2.17. The number of carboxylic acids is 1. The van der Waals surface area contributed by atoms with Crippen molar-refractivity contribution in [3.63, 3.8) is 0 Å². The number of pyridine rings is 1. The van der Waals surface area contributed by atoms with Crippen LogP contribution in [0.1, 0.15) is 12.1 Å². The molecule has 0 radical (unpaired) electrons. The molecule has 0 bridgehead atoms. The van der Waals surface area contributed by atoms with Crippen LogP contribution >= 0.6 is 0 Å². The number of carboxylic acid groups (broad SMARTS) is 1. The number of hydrogen-bond acceptors (Lipinski definition) is 3. The summed E-state index contributed by atoms with van der Waals surface area (Å²) in [6.45, 7) is 2.12. The Kier molecular flexibility index (Phi) is 3.31. The number of aromatic nitrogens is 1. The maximum Gasteiger partial charge on any atom is 0.332 e. The third kappa shape index (κ3) is 2.67. The smallest absolute Gasteiger partial charge is 0.332 e. The molecule has 0 unspecified atom stereocenters. The first-order chi connectivity index (χ1) is 7.75. The molecule has 1 aliphatic heterocycles. The third-order valence-corrected chi connectivity index (χ3v) is 2.62. The van der Waals surface area contributed by atoms with Gasteiger partial charge in [-0.15, -0.1) is 0 Å². The lowest BCUT2D eigenvalue weighted by Gasteiger charge is -2.25. The van der Waals surface area contributed by atoms with E-state index in [2.05, 4.69) is 9.88 Å². The molecule has 0 amide bonds. The molecule has 16 heavy (non-hydrogen) atoms. The maximum atomic E-state index is 10.8. The number of aliphatic carboxylic acids is 1. The second kappa shape index (κ2) is 4.90. The van der Waals surface area contributed by atoms with Crippen LogP contribution in [-0.2, 0) is 11.3 Å². The molecular formula is C12H14N2O2. The van der Waals surface area contributed by atoms with Crippen LogP contribution in [0.5, 0.6) is 0 Å². The largest absolute Gasteiger partial charge is 0.478 e. The summed E-state index contributed by atoms with van der Waals surface area (Å²) >= 11 is 0. The zero-order valence-corrected chi connectivity index (χ0v) is 8.97. The third-order valence-electron chi connectivity index (χ3n) is 2.62. The minimum atomic E-state index is -0.814. The van der Waals surface area contributed by atoms with E-state index in [1.54, 1.807) is 12.3 Å². The Morgan fingerprint density at radius 2 is 2.38 bits per heavy atom. The summed E-state index contributed by atoms with van der Waals surface area (Å²) in [5, 5.41) is 8.91. The fourth-order valence-corrected chi connectivity index (χ4v) is 1.82. The zero-order chi connectivity index (χ0) is 11.4. The van der Waals surface area contributed by atoms with Crippen molar-refractivity contribution < 1.29 is 9.90 Å². The second-order valence-electron chi connectivity index (χ2n) is 3.85. The molecule has 1 aliphatic rings. The number of rotatable bonds is 3. The topological polar surface area (TPSA) is 53.4 Å². The Morgan fingerprint density at radius 1 is 1.50 bits per heavy atom. The van der Waals surface area contributed by atoms with Crippen molar-refractivity contribution >= 4 is 5.97 Å². The summed E-state index contributed by atoms with van der Waals surface area (Å²) in [4.78, 5) is 17.2. The Labute approximate surface area is 94.2 Å². The lowest BCUT2D eigenvalue weighted by Crippen LogP contribution is -2.32. The molecule has 0 saturated carbocycles. The minimum Gasteiger partial charge on any atom is -0.478 e. The minimum absolute atomic E-state index is 0.488. The highest BCUT2D eigenvalue weighted by atomic mass is 16.4. The van der Waals surface area contributed by atoms with Crippen LogP contribution < -0.4 is 0 Å². The first-order valence-corrected chi connectivity index (χ1v) is 5.30. The predicted molar refractivity (Wildman–Crippen MR) is 59.8 cm³/mol. The van der Waals surface area contributed by atoms with Gasteiger partial charge in [0.25, 0.3) is 0 Å². The Hall–Kier alpha value is -1.68. The molecule has 4 heteroatoms. The first kappa shape index (κ1) is 10.8. The molecule has 0 fully saturated rings. The maximum absolute atomic E-state index is 10.8. The molecular weight excluding hydrogens is 204 g/mol. The lowest BCUT2D eigenvalue weighted by atomic mass is 10.1. The molecule has 2 rings (SSSR count). The monoisotopic (exact) mass is 218 g/mol. The SMILES string of the molecule is O=C(O)C1=CCCN(Cc2ccccn2)C1. The van der Waals surface area contributed by atoms with Gasteiger partial charge in [-0.1, -0.05) is 12.1 Å². The van der Waals surface area contributed by atoms with Gasteiger partial charge in [0.2, 0.25) is 0 Å². The predicted octanol–water partition coefficient (Wildman–Crippen LogP) is 1.30. The molecule has 0 aliphatic carbocycles. The van der Waals surface area contributed by atoms with Gasteiger partial charge in [0.1, 0.15) is 0 Å². The quantitative estimate of drug-likeness (QED) is 0.830. The summed E-state index contributed by atoms with van der Waals surface area (Å²) < 4.78 is 0. The van der Waals surface area contributed by atoms with E-state index < -0.39 is 5.97 Å². The van der Waals surface area contributed by atoms with Crippen molar-refractivity contribution in [2.45, 2.75) is 13.0 Å². The van der Waals surface area contributed by atoms with Gasteiger partial charge in [-0.2, -0.15) is 0 Å². The van der Waals surface area contributed by atoms with Crippen molar-refractivity contribution in [2.24, 2.45) is 0 Å². The van der Waals surface area contributed by atoms with Crippen molar-refractivity contribution in [3.8, 4) is 0 Å². The van der Waals surface area contributed by atoms with E-state index in [1.807, 2.05) is 18.2 Å². The van der Waals surface area contributed by atoms with Gasteiger partial charge in [0.15, 0.2) is 0 Å². The van der Waals surface area contributed by atoms with E-state index in [9.17, 15) is 4.79 Å². The Bertz CT molecular complexity index is 401. The molecule has 0 atom stereocenters. The van der Waals surface area contributed by atoms with Gasteiger partial charge in [0, 0.05) is 31.4 Å². The van der Waals surface area contributed by atoms with E-state index in [4.69, 9.17) is 5.11 Å². The van der Waals surface area contributed by atoms with Gasteiger partial charge in [-0.25, -0.2) is 4.79 Å². The summed E-state index contributed by atoms with van der Waals surface area (Å²) in [6, 6.07) is 5.78.